The fourth-order valence-corrected chi connectivity index (χ4v) is 3.44. The number of carbonyl (C=O) groups is 1. The second-order valence-corrected chi connectivity index (χ2v) is 7.05. The first-order valence-corrected chi connectivity index (χ1v) is 9.81. The van der Waals surface area contributed by atoms with Crippen molar-refractivity contribution in [3.63, 3.8) is 0 Å². The van der Waals surface area contributed by atoms with E-state index in [0.717, 1.165) is 33.4 Å². The maximum absolute atomic E-state index is 12.4. The fourth-order valence-electron chi connectivity index (χ4n) is 3.44. The molecule has 31 heavy (non-hydrogen) atoms. The molecule has 0 saturated heterocycles. The zero-order chi connectivity index (χ0) is 21.8. The molecule has 0 aliphatic heterocycles. The van der Waals surface area contributed by atoms with Crippen LogP contribution in [0.2, 0.25) is 0 Å². The number of benzene rings is 2. The maximum atomic E-state index is 12.4. The van der Waals surface area contributed by atoms with E-state index < -0.39 is 0 Å². The van der Waals surface area contributed by atoms with Gasteiger partial charge in [-0.1, -0.05) is 12.1 Å². The van der Waals surface area contributed by atoms with Gasteiger partial charge in [0.2, 0.25) is 5.91 Å². The van der Waals surface area contributed by atoms with Gasteiger partial charge in [-0.05, 0) is 48.4 Å². The summed E-state index contributed by atoms with van der Waals surface area (Å²) in [6.07, 6.45) is 4.86. The molecule has 0 saturated carbocycles. The predicted molar refractivity (Wildman–Crippen MR) is 119 cm³/mol. The Morgan fingerprint density at radius 3 is 2.55 bits per heavy atom. The highest BCUT2D eigenvalue weighted by Crippen LogP contribution is 2.37. The summed E-state index contributed by atoms with van der Waals surface area (Å²) in [4.78, 5) is 12.4. The zero-order valence-corrected chi connectivity index (χ0v) is 17.6. The molecule has 0 unspecified atom stereocenters. The Morgan fingerprint density at radius 1 is 1.06 bits per heavy atom. The van der Waals surface area contributed by atoms with Gasteiger partial charge in [0.15, 0.2) is 0 Å². The van der Waals surface area contributed by atoms with Crippen LogP contribution in [-0.2, 0) is 11.3 Å². The van der Waals surface area contributed by atoms with E-state index in [4.69, 9.17) is 18.3 Å². The minimum absolute atomic E-state index is 0.210. The first-order valence-electron chi connectivity index (χ1n) is 9.81. The van der Waals surface area contributed by atoms with E-state index in [-0.39, 0.29) is 5.91 Å². The molecule has 158 valence electrons. The highest BCUT2D eigenvalue weighted by molar-refractivity contribution is 6.00. The number of fused-ring (bicyclic) bond motifs is 1. The van der Waals surface area contributed by atoms with Gasteiger partial charge in [0.1, 0.15) is 22.8 Å². The van der Waals surface area contributed by atoms with E-state index in [2.05, 4.69) is 5.32 Å². The molecule has 0 fully saturated rings. The summed E-state index contributed by atoms with van der Waals surface area (Å²) in [7, 11) is 3.24. The van der Waals surface area contributed by atoms with Gasteiger partial charge in [0, 0.05) is 28.7 Å². The van der Waals surface area contributed by atoms with Gasteiger partial charge in [0.05, 0.1) is 33.3 Å². The van der Waals surface area contributed by atoms with E-state index >= 15 is 0 Å². The molecule has 0 aliphatic carbocycles. The van der Waals surface area contributed by atoms with Crippen molar-refractivity contribution in [1.82, 2.24) is 5.32 Å². The third-order valence-electron chi connectivity index (χ3n) is 5.09. The minimum Gasteiger partial charge on any atom is -0.497 e. The summed E-state index contributed by atoms with van der Waals surface area (Å²) in [5, 5.41) is 3.76. The van der Waals surface area contributed by atoms with Crippen LogP contribution >= 0.6 is 0 Å². The molecular weight excluding hydrogens is 394 g/mol. The van der Waals surface area contributed by atoms with E-state index in [9.17, 15) is 4.79 Å². The molecule has 0 aliphatic rings. The Balaban J connectivity index is 1.66. The number of hydrogen-bond donors (Lipinski definition) is 1. The lowest BCUT2D eigenvalue weighted by molar-refractivity contribution is -0.116. The quantitative estimate of drug-likeness (QED) is 0.406. The van der Waals surface area contributed by atoms with Gasteiger partial charge in [-0.2, -0.15) is 0 Å². The van der Waals surface area contributed by atoms with Crippen LogP contribution in [0.3, 0.4) is 0 Å². The van der Waals surface area contributed by atoms with Crippen LogP contribution in [0.4, 0.5) is 0 Å². The lowest BCUT2D eigenvalue weighted by Gasteiger charge is -2.10. The highest BCUT2D eigenvalue weighted by atomic mass is 16.5. The molecule has 2 aromatic heterocycles. The predicted octanol–water partition coefficient (Wildman–Crippen LogP) is 5.43. The second kappa shape index (κ2) is 8.83. The Kier molecular flexibility index (Phi) is 5.80. The molecule has 6 nitrogen and oxygen atoms in total. The molecule has 2 heterocycles. The van der Waals surface area contributed by atoms with Crippen LogP contribution < -0.4 is 14.8 Å². The summed E-state index contributed by atoms with van der Waals surface area (Å²) in [5.41, 5.74) is 4.27. The summed E-state index contributed by atoms with van der Waals surface area (Å²) in [5.74, 6) is 1.91. The normalized spacial score (nSPS) is 11.5. The Morgan fingerprint density at radius 2 is 1.87 bits per heavy atom. The van der Waals surface area contributed by atoms with Crippen LogP contribution in [0.25, 0.3) is 27.7 Å². The van der Waals surface area contributed by atoms with Crippen molar-refractivity contribution in [2.24, 2.45) is 0 Å². The number of allylic oxidation sites excluding steroid dienone is 1. The molecule has 2 aromatic carbocycles. The van der Waals surface area contributed by atoms with Crippen molar-refractivity contribution in [2.75, 3.05) is 14.2 Å². The smallest absolute Gasteiger partial charge is 0.244 e. The number of carbonyl (C=O) groups excluding carboxylic acids is 1. The zero-order valence-electron chi connectivity index (χ0n) is 17.6. The standard InChI is InChI=1S/C25H23NO5/c1-16(11-25(27)26-14-19-5-4-10-30-19)20-12-21-22(15-31-24(21)13-23(20)29-3)17-6-8-18(28-2)9-7-17/h4-13,15H,14H2,1-3H3,(H,26,27)/b16-11+. The first kappa shape index (κ1) is 20.3. The summed E-state index contributed by atoms with van der Waals surface area (Å²) >= 11 is 0. The summed E-state index contributed by atoms with van der Waals surface area (Å²) < 4.78 is 21.8. The number of methoxy groups -OCH3 is 2. The van der Waals surface area contributed by atoms with Crippen LogP contribution in [-0.4, -0.2) is 20.1 Å². The third kappa shape index (κ3) is 4.33. The maximum Gasteiger partial charge on any atom is 0.244 e. The second-order valence-electron chi connectivity index (χ2n) is 7.05. The summed E-state index contributed by atoms with van der Waals surface area (Å²) in [6, 6.07) is 15.2. The third-order valence-corrected chi connectivity index (χ3v) is 5.09. The van der Waals surface area contributed by atoms with E-state index in [1.54, 1.807) is 38.9 Å². The van der Waals surface area contributed by atoms with Crippen LogP contribution in [0.5, 0.6) is 11.5 Å². The molecule has 1 amide bonds. The molecule has 1 N–H and O–H groups in total. The average molecular weight is 417 g/mol. The monoisotopic (exact) mass is 417 g/mol. The lowest BCUT2D eigenvalue weighted by atomic mass is 9.99. The van der Waals surface area contributed by atoms with Crippen molar-refractivity contribution in [3.05, 3.63) is 78.5 Å². The Bertz CT molecular complexity index is 1220. The van der Waals surface area contributed by atoms with E-state index in [0.29, 0.717) is 23.6 Å². The number of furan rings is 2. The molecule has 0 radical (unpaired) electrons. The topological polar surface area (TPSA) is 73.8 Å². The van der Waals surface area contributed by atoms with Crippen LogP contribution in [0.1, 0.15) is 18.2 Å². The van der Waals surface area contributed by atoms with Crippen LogP contribution in [0, 0.1) is 0 Å². The number of ether oxygens (including phenoxy) is 2. The minimum atomic E-state index is -0.210. The Labute approximate surface area is 180 Å². The average Bonchev–Trinajstić information content (AvgIpc) is 3.46. The fraction of sp³-hybridized carbons (Fsp3) is 0.160. The number of hydrogen-bond acceptors (Lipinski definition) is 5. The van der Waals surface area contributed by atoms with Gasteiger partial charge in [-0.3, -0.25) is 4.79 Å². The number of amides is 1. The lowest BCUT2D eigenvalue weighted by Crippen LogP contribution is -2.20. The number of rotatable bonds is 7. The molecule has 6 heteroatoms. The van der Waals surface area contributed by atoms with Gasteiger partial charge in [-0.15, -0.1) is 0 Å². The van der Waals surface area contributed by atoms with Crippen molar-refractivity contribution in [2.45, 2.75) is 13.5 Å². The SMILES string of the molecule is COc1ccc(-c2coc3cc(OC)c(/C(C)=C/C(=O)NCc4ccco4)cc23)cc1. The van der Waals surface area contributed by atoms with Crippen molar-refractivity contribution >= 4 is 22.4 Å². The van der Waals surface area contributed by atoms with Gasteiger partial charge < -0.3 is 23.6 Å². The van der Waals surface area contributed by atoms with Crippen molar-refractivity contribution < 1.29 is 23.1 Å². The van der Waals surface area contributed by atoms with Crippen molar-refractivity contribution in [1.29, 1.82) is 0 Å². The van der Waals surface area contributed by atoms with E-state index in [1.165, 1.54) is 0 Å². The highest BCUT2D eigenvalue weighted by Gasteiger charge is 2.15. The molecule has 0 spiro atoms. The van der Waals surface area contributed by atoms with Crippen LogP contribution in [0.15, 0.2) is 76.0 Å². The molecule has 4 rings (SSSR count). The van der Waals surface area contributed by atoms with Gasteiger partial charge >= 0.3 is 0 Å². The molecule has 0 bridgehead atoms. The first-order chi connectivity index (χ1) is 15.1. The molecule has 0 atom stereocenters. The number of nitrogens with one attached hydrogen (secondary N) is 1. The van der Waals surface area contributed by atoms with Gasteiger partial charge in [-0.25, -0.2) is 0 Å². The largest absolute Gasteiger partial charge is 0.497 e. The van der Waals surface area contributed by atoms with Crippen molar-refractivity contribution in [3.8, 4) is 22.6 Å². The van der Waals surface area contributed by atoms with E-state index in [1.807, 2.05) is 49.4 Å². The molecular formula is C25H23NO5. The molecule has 4 aromatic rings. The summed E-state index contributed by atoms with van der Waals surface area (Å²) in [6.45, 7) is 2.21. The van der Waals surface area contributed by atoms with Gasteiger partial charge in [0.25, 0.3) is 0 Å². The Hall–Kier alpha value is -3.93.